The maximum Gasteiger partial charge on any atom is 0.321 e. The molecule has 5 aromatic rings. The first kappa shape index (κ1) is 22.8. The van der Waals surface area contributed by atoms with Crippen molar-refractivity contribution in [1.82, 2.24) is 24.1 Å². The van der Waals surface area contributed by atoms with Crippen molar-refractivity contribution in [2.24, 2.45) is 0 Å². The van der Waals surface area contributed by atoms with Gasteiger partial charge in [-0.3, -0.25) is 0 Å². The summed E-state index contributed by atoms with van der Waals surface area (Å²) < 4.78 is 9.38. The fourth-order valence-electron chi connectivity index (χ4n) is 5.03. The maximum atomic E-state index is 13.2. The molecule has 8 heteroatoms. The predicted molar refractivity (Wildman–Crippen MR) is 143 cm³/mol. The number of nitrogens with zero attached hydrogens (tertiary/aromatic N) is 5. The number of carbonyl (C=O) groups excluding carboxylic acids is 1. The van der Waals surface area contributed by atoms with Crippen molar-refractivity contribution in [1.29, 1.82) is 0 Å². The van der Waals surface area contributed by atoms with Crippen LogP contribution in [0.5, 0.6) is 5.75 Å². The number of piperidine rings is 1. The maximum absolute atomic E-state index is 13.2. The first-order valence-corrected chi connectivity index (χ1v) is 12.5. The lowest BCUT2D eigenvalue weighted by Gasteiger charge is -2.32. The van der Waals surface area contributed by atoms with E-state index < -0.39 is 0 Å². The van der Waals surface area contributed by atoms with Crippen LogP contribution in [-0.4, -0.2) is 50.3 Å². The van der Waals surface area contributed by atoms with Gasteiger partial charge in [0.2, 0.25) is 0 Å². The zero-order chi connectivity index (χ0) is 25.2. The van der Waals surface area contributed by atoms with Crippen LogP contribution < -0.4 is 10.1 Å². The number of nitrogens with one attached hydrogen (secondary N) is 1. The number of hydrogen-bond donors (Lipinski definition) is 1. The largest absolute Gasteiger partial charge is 0.497 e. The molecule has 186 valence electrons. The number of pyridine rings is 1. The molecular weight excluding hydrogens is 464 g/mol. The Labute approximate surface area is 215 Å². The van der Waals surface area contributed by atoms with Crippen LogP contribution in [0.15, 0.2) is 91.4 Å². The molecule has 2 amide bonds. The zero-order valence-electron chi connectivity index (χ0n) is 20.6. The Bertz CT molecular complexity index is 1520. The summed E-state index contributed by atoms with van der Waals surface area (Å²) in [7, 11) is 1.67. The minimum Gasteiger partial charge on any atom is -0.497 e. The Kier molecular flexibility index (Phi) is 6.06. The summed E-state index contributed by atoms with van der Waals surface area (Å²) in [4.78, 5) is 20.2. The van der Waals surface area contributed by atoms with Crippen LogP contribution in [0.1, 0.15) is 24.6 Å². The quantitative estimate of drug-likeness (QED) is 0.346. The van der Waals surface area contributed by atoms with Gasteiger partial charge in [-0.1, -0.05) is 18.2 Å². The van der Waals surface area contributed by atoms with Gasteiger partial charge in [-0.15, -0.1) is 0 Å². The predicted octanol–water partition coefficient (Wildman–Crippen LogP) is 5.61. The van der Waals surface area contributed by atoms with E-state index >= 15 is 0 Å². The number of methoxy groups -OCH3 is 1. The highest BCUT2D eigenvalue weighted by molar-refractivity contribution is 5.89. The minimum absolute atomic E-state index is 0.0922. The number of aromatic nitrogens is 4. The summed E-state index contributed by atoms with van der Waals surface area (Å²) in [6, 6.07) is 23.6. The summed E-state index contributed by atoms with van der Waals surface area (Å²) in [5.41, 5.74) is 4.69. The molecule has 8 nitrogen and oxygen atoms in total. The van der Waals surface area contributed by atoms with Crippen LogP contribution in [0, 0.1) is 0 Å². The van der Waals surface area contributed by atoms with Gasteiger partial charge in [0.15, 0.2) is 0 Å². The number of benzene rings is 2. The Balaban J connectivity index is 1.22. The van der Waals surface area contributed by atoms with Crippen molar-refractivity contribution >= 4 is 17.2 Å². The molecule has 0 bridgehead atoms. The van der Waals surface area contributed by atoms with Crippen molar-refractivity contribution in [3.63, 3.8) is 0 Å². The lowest BCUT2D eigenvalue weighted by Crippen LogP contribution is -2.42. The van der Waals surface area contributed by atoms with Gasteiger partial charge < -0.3 is 19.4 Å². The van der Waals surface area contributed by atoms with Gasteiger partial charge in [-0.2, -0.15) is 5.10 Å². The topological polar surface area (TPSA) is 76.7 Å². The monoisotopic (exact) mass is 492 g/mol. The first-order valence-electron chi connectivity index (χ1n) is 12.5. The van der Waals surface area contributed by atoms with Crippen molar-refractivity contribution in [3.05, 3.63) is 97.2 Å². The molecule has 37 heavy (non-hydrogen) atoms. The summed E-state index contributed by atoms with van der Waals surface area (Å²) in [6.07, 6.45) is 7.59. The molecule has 0 radical (unpaired) electrons. The SMILES string of the molecule is COc1cccc(-c2nc(C3CCCN(C(=O)Nc4ccc(-n5cccn5)cc4)C3)n3ccccc23)c1. The van der Waals surface area contributed by atoms with E-state index in [9.17, 15) is 4.79 Å². The Hall–Kier alpha value is -4.59. The van der Waals surface area contributed by atoms with Crippen molar-refractivity contribution in [2.75, 3.05) is 25.5 Å². The minimum atomic E-state index is -0.0922. The lowest BCUT2D eigenvalue weighted by atomic mass is 9.97. The number of ether oxygens (including phenoxy) is 1. The van der Waals surface area contributed by atoms with Crippen molar-refractivity contribution in [2.45, 2.75) is 18.8 Å². The third kappa shape index (κ3) is 4.53. The summed E-state index contributed by atoms with van der Waals surface area (Å²) >= 11 is 0. The highest BCUT2D eigenvalue weighted by Gasteiger charge is 2.28. The fraction of sp³-hybridized carbons (Fsp3) is 0.207. The van der Waals surface area contributed by atoms with E-state index in [0.717, 1.165) is 59.1 Å². The van der Waals surface area contributed by atoms with Crippen molar-refractivity contribution in [3.8, 4) is 22.7 Å². The molecule has 1 unspecified atom stereocenters. The van der Waals surface area contributed by atoms with Crippen LogP contribution in [-0.2, 0) is 0 Å². The molecular formula is C29H28N6O2. The molecule has 0 saturated carbocycles. The zero-order valence-corrected chi connectivity index (χ0v) is 20.6. The normalized spacial score (nSPS) is 15.6. The van der Waals surface area contributed by atoms with E-state index in [-0.39, 0.29) is 11.9 Å². The van der Waals surface area contributed by atoms with Gasteiger partial charge in [0.05, 0.1) is 24.0 Å². The lowest BCUT2D eigenvalue weighted by molar-refractivity contribution is 0.191. The van der Waals surface area contributed by atoms with E-state index in [4.69, 9.17) is 9.72 Å². The molecule has 1 N–H and O–H groups in total. The molecule has 1 saturated heterocycles. The van der Waals surface area contributed by atoms with E-state index in [1.807, 2.05) is 71.8 Å². The smallest absolute Gasteiger partial charge is 0.321 e. The second-order valence-corrected chi connectivity index (χ2v) is 9.22. The molecule has 0 spiro atoms. The molecule has 2 aromatic carbocycles. The van der Waals surface area contributed by atoms with E-state index in [1.165, 1.54) is 0 Å². The number of hydrogen-bond acceptors (Lipinski definition) is 4. The fourth-order valence-corrected chi connectivity index (χ4v) is 5.03. The van der Waals surface area contributed by atoms with Gasteiger partial charge in [-0.25, -0.2) is 14.5 Å². The molecule has 1 fully saturated rings. The average molecular weight is 493 g/mol. The second-order valence-electron chi connectivity index (χ2n) is 9.22. The summed E-state index contributed by atoms with van der Waals surface area (Å²) in [6.45, 7) is 1.34. The summed E-state index contributed by atoms with van der Waals surface area (Å²) in [5, 5.41) is 7.30. The summed E-state index contributed by atoms with van der Waals surface area (Å²) in [5.74, 6) is 1.92. The second kappa shape index (κ2) is 9.81. The first-order chi connectivity index (χ1) is 18.2. The van der Waals surface area contributed by atoms with Crippen LogP contribution in [0.3, 0.4) is 0 Å². The van der Waals surface area contributed by atoms with Crippen molar-refractivity contribution < 1.29 is 9.53 Å². The van der Waals surface area contributed by atoms with Crippen LogP contribution in [0.25, 0.3) is 22.5 Å². The Morgan fingerprint density at radius 2 is 1.92 bits per heavy atom. The Morgan fingerprint density at radius 3 is 2.73 bits per heavy atom. The third-order valence-corrected chi connectivity index (χ3v) is 6.88. The number of fused-ring (bicyclic) bond motifs is 1. The van der Waals surface area contributed by atoms with Gasteiger partial charge >= 0.3 is 6.03 Å². The number of imidazole rings is 1. The van der Waals surface area contributed by atoms with Crippen LogP contribution in [0.4, 0.5) is 10.5 Å². The number of rotatable bonds is 5. The third-order valence-electron chi connectivity index (χ3n) is 6.88. The number of carbonyl (C=O) groups is 1. The van der Waals surface area contributed by atoms with E-state index in [0.29, 0.717) is 6.54 Å². The van der Waals surface area contributed by atoms with Crippen LogP contribution in [0.2, 0.25) is 0 Å². The average Bonchev–Trinajstić information content (AvgIpc) is 3.63. The van der Waals surface area contributed by atoms with Gasteiger partial charge in [0.1, 0.15) is 11.6 Å². The Morgan fingerprint density at radius 1 is 1.03 bits per heavy atom. The van der Waals surface area contributed by atoms with E-state index in [2.05, 4.69) is 33.1 Å². The number of amides is 2. The van der Waals surface area contributed by atoms with Gasteiger partial charge in [0, 0.05) is 48.8 Å². The number of urea groups is 1. The molecule has 4 heterocycles. The molecule has 1 atom stereocenters. The highest BCUT2D eigenvalue weighted by Crippen LogP contribution is 2.33. The highest BCUT2D eigenvalue weighted by atomic mass is 16.5. The molecule has 1 aliphatic rings. The number of likely N-dealkylation sites (tertiary alicyclic amines) is 1. The molecule has 1 aliphatic heterocycles. The molecule has 3 aromatic heterocycles. The molecule has 6 rings (SSSR count). The van der Waals surface area contributed by atoms with Gasteiger partial charge in [0.25, 0.3) is 0 Å². The van der Waals surface area contributed by atoms with E-state index in [1.54, 1.807) is 18.0 Å². The van der Waals surface area contributed by atoms with Gasteiger partial charge in [-0.05, 0) is 67.4 Å². The molecule has 0 aliphatic carbocycles. The number of anilines is 1. The van der Waals surface area contributed by atoms with Crippen LogP contribution >= 0.6 is 0 Å². The standard InChI is InChI=1S/C29H28N6O2/c1-37-25-9-4-7-21(19-25)27-26-10-2-3-17-34(26)28(32-27)22-8-5-16-33(20-22)29(36)31-23-11-13-24(14-12-23)35-18-6-15-30-35/h2-4,6-7,9-15,17-19,22H,5,8,16,20H2,1H3,(H,31,36).